The molecular weight excluding hydrogens is 258 g/mol. The molecule has 19 heavy (non-hydrogen) atoms. The summed E-state index contributed by atoms with van der Waals surface area (Å²) < 4.78 is 23.8. The van der Waals surface area contributed by atoms with Gasteiger partial charge in [-0.3, -0.25) is 0 Å². The Balaban J connectivity index is 2.47. The minimum absolute atomic E-state index is 0.162. The molecular formula is C15H31NO2S. The van der Waals surface area contributed by atoms with Gasteiger partial charge >= 0.3 is 0 Å². The number of sulfone groups is 1. The molecule has 114 valence electrons. The van der Waals surface area contributed by atoms with Gasteiger partial charge < -0.3 is 5.32 Å². The topological polar surface area (TPSA) is 46.2 Å². The third kappa shape index (κ3) is 6.26. The molecule has 0 aromatic heterocycles. The van der Waals surface area contributed by atoms with Gasteiger partial charge in [0, 0.05) is 12.3 Å². The van der Waals surface area contributed by atoms with Crippen LogP contribution in [0.25, 0.3) is 0 Å². The summed E-state index contributed by atoms with van der Waals surface area (Å²) in [7, 11) is -2.84. The Morgan fingerprint density at radius 2 is 1.89 bits per heavy atom. The van der Waals surface area contributed by atoms with E-state index in [1.165, 1.54) is 12.8 Å². The molecule has 1 rings (SSSR count). The smallest absolute Gasteiger partial charge is 0.150 e. The zero-order chi connectivity index (χ0) is 14.5. The van der Waals surface area contributed by atoms with E-state index in [9.17, 15) is 8.42 Å². The highest BCUT2D eigenvalue weighted by Crippen LogP contribution is 2.47. The van der Waals surface area contributed by atoms with Crippen molar-refractivity contribution in [1.29, 1.82) is 0 Å². The van der Waals surface area contributed by atoms with Crippen molar-refractivity contribution < 1.29 is 8.42 Å². The van der Waals surface area contributed by atoms with E-state index in [2.05, 4.69) is 26.1 Å². The first-order valence-corrected chi connectivity index (χ1v) is 9.52. The Morgan fingerprint density at radius 3 is 2.37 bits per heavy atom. The fourth-order valence-electron chi connectivity index (χ4n) is 2.67. The SMILES string of the molecule is CCCS(=O)(=O)CCC(C)(CNCC(C)C)C1CC1. The lowest BCUT2D eigenvalue weighted by molar-refractivity contribution is 0.245. The van der Waals surface area contributed by atoms with Crippen LogP contribution in [-0.4, -0.2) is 33.0 Å². The number of nitrogens with one attached hydrogen (secondary N) is 1. The lowest BCUT2D eigenvalue weighted by atomic mass is 9.82. The van der Waals surface area contributed by atoms with E-state index in [-0.39, 0.29) is 5.41 Å². The van der Waals surface area contributed by atoms with Gasteiger partial charge in [-0.25, -0.2) is 8.42 Å². The van der Waals surface area contributed by atoms with E-state index in [0.29, 0.717) is 17.4 Å². The normalized spacial score (nSPS) is 19.6. The van der Waals surface area contributed by atoms with Crippen molar-refractivity contribution in [3.05, 3.63) is 0 Å². The zero-order valence-electron chi connectivity index (χ0n) is 13.0. The summed E-state index contributed by atoms with van der Waals surface area (Å²) in [5.41, 5.74) is 0.162. The van der Waals surface area contributed by atoms with Gasteiger partial charge in [-0.15, -0.1) is 0 Å². The monoisotopic (exact) mass is 289 g/mol. The second kappa shape index (κ2) is 7.07. The molecule has 0 amide bonds. The predicted molar refractivity (Wildman–Crippen MR) is 82.1 cm³/mol. The second-order valence-corrected chi connectivity index (χ2v) is 9.16. The Hall–Kier alpha value is -0.0900. The summed E-state index contributed by atoms with van der Waals surface area (Å²) in [5, 5.41) is 3.52. The molecule has 1 unspecified atom stereocenters. The molecule has 1 aliphatic carbocycles. The summed E-state index contributed by atoms with van der Waals surface area (Å²) in [5.74, 6) is 2.07. The van der Waals surface area contributed by atoms with Gasteiger partial charge in [-0.05, 0) is 49.5 Å². The lowest BCUT2D eigenvalue weighted by Crippen LogP contribution is -2.37. The van der Waals surface area contributed by atoms with Crippen LogP contribution in [0.3, 0.4) is 0 Å². The average molecular weight is 289 g/mol. The molecule has 0 aliphatic heterocycles. The van der Waals surface area contributed by atoms with Gasteiger partial charge in [0.1, 0.15) is 9.84 Å². The van der Waals surface area contributed by atoms with Crippen LogP contribution < -0.4 is 5.32 Å². The van der Waals surface area contributed by atoms with E-state index in [4.69, 9.17) is 0 Å². The van der Waals surface area contributed by atoms with Gasteiger partial charge in [-0.2, -0.15) is 0 Å². The molecule has 0 heterocycles. The van der Waals surface area contributed by atoms with Crippen molar-refractivity contribution in [2.24, 2.45) is 17.3 Å². The fourth-order valence-corrected chi connectivity index (χ4v) is 4.27. The summed E-state index contributed by atoms with van der Waals surface area (Å²) >= 11 is 0. The van der Waals surface area contributed by atoms with Crippen LogP contribution in [0.15, 0.2) is 0 Å². The lowest BCUT2D eigenvalue weighted by Gasteiger charge is -2.30. The van der Waals surface area contributed by atoms with Crippen LogP contribution in [0, 0.1) is 17.3 Å². The fraction of sp³-hybridized carbons (Fsp3) is 1.00. The van der Waals surface area contributed by atoms with Crippen molar-refractivity contribution in [1.82, 2.24) is 5.32 Å². The van der Waals surface area contributed by atoms with E-state index in [0.717, 1.165) is 31.8 Å². The van der Waals surface area contributed by atoms with Crippen LogP contribution in [-0.2, 0) is 9.84 Å². The van der Waals surface area contributed by atoms with E-state index < -0.39 is 9.84 Å². The zero-order valence-corrected chi connectivity index (χ0v) is 13.9. The Kier molecular flexibility index (Phi) is 6.31. The second-order valence-electron chi connectivity index (χ2n) is 6.85. The van der Waals surface area contributed by atoms with E-state index in [1.54, 1.807) is 0 Å². The molecule has 0 aromatic rings. The van der Waals surface area contributed by atoms with Crippen LogP contribution in [0.1, 0.15) is 53.4 Å². The molecule has 1 atom stereocenters. The molecule has 0 saturated heterocycles. The molecule has 1 fully saturated rings. The van der Waals surface area contributed by atoms with Crippen molar-refractivity contribution >= 4 is 9.84 Å². The third-order valence-corrected chi connectivity index (χ3v) is 6.00. The van der Waals surface area contributed by atoms with Gasteiger partial charge in [0.2, 0.25) is 0 Å². The van der Waals surface area contributed by atoms with Crippen LogP contribution >= 0.6 is 0 Å². The summed E-state index contributed by atoms with van der Waals surface area (Å²) in [6.45, 7) is 10.6. The van der Waals surface area contributed by atoms with Crippen LogP contribution in [0.4, 0.5) is 0 Å². The quantitative estimate of drug-likeness (QED) is 0.672. The minimum Gasteiger partial charge on any atom is -0.316 e. The van der Waals surface area contributed by atoms with Crippen molar-refractivity contribution in [2.75, 3.05) is 24.6 Å². The highest BCUT2D eigenvalue weighted by atomic mass is 32.2. The molecule has 1 saturated carbocycles. The van der Waals surface area contributed by atoms with Crippen LogP contribution in [0.2, 0.25) is 0 Å². The first-order chi connectivity index (χ1) is 8.79. The van der Waals surface area contributed by atoms with E-state index >= 15 is 0 Å². The van der Waals surface area contributed by atoms with Gasteiger partial charge in [-0.1, -0.05) is 27.7 Å². The number of hydrogen-bond donors (Lipinski definition) is 1. The Bertz CT molecular complexity index is 360. The Labute approximate surface area is 119 Å². The standard InChI is InChI=1S/C15H31NO2S/c1-5-9-19(17,18)10-8-15(4,14-6-7-14)12-16-11-13(2)3/h13-14,16H,5-12H2,1-4H3. The molecule has 1 aliphatic rings. The van der Waals surface area contributed by atoms with Crippen molar-refractivity contribution in [3.63, 3.8) is 0 Å². The third-order valence-electron chi connectivity index (χ3n) is 4.14. The number of rotatable bonds is 10. The minimum atomic E-state index is -2.84. The molecule has 0 bridgehead atoms. The van der Waals surface area contributed by atoms with Gasteiger partial charge in [0.05, 0.1) is 5.75 Å². The highest BCUT2D eigenvalue weighted by Gasteiger charge is 2.41. The summed E-state index contributed by atoms with van der Waals surface area (Å²) in [6.07, 6.45) is 4.08. The Morgan fingerprint density at radius 1 is 1.26 bits per heavy atom. The predicted octanol–water partition coefficient (Wildman–Crippen LogP) is 2.86. The maximum Gasteiger partial charge on any atom is 0.150 e. The summed E-state index contributed by atoms with van der Waals surface area (Å²) in [6, 6.07) is 0. The van der Waals surface area contributed by atoms with Crippen molar-refractivity contribution in [2.45, 2.75) is 53.4 Å². The first kappa shape index (κ1) is 17.0. The van der Waals surface area contributed by atoms with Gasteiger partial charge in [0.25, 0.3) is 0 Å². The molecule has 0 radical (unpaired) electrons. The maximum absolute atomic E-state index is 11.9. The molecule has 4 heteroatoms. The largest absolute Gasteiger partial charge is 0.316 e. The molecule has 1 N–H and O–H groups in total. The van der Waals surface area contributed by atoms with Gasteiger partial charge in [0.15, 0.2) is 0 Å². The molecule has 0 spiro atoms. The summed E-state index contributed by atoms with van der Waals surface area (Å²) in [4.78, 5) is 0. The van der Waals surface area contributed by atoms with E-state index in [1.807, 2.05) is 6.92 Å². The maximum atomic E-state index is 11.9. The van der Waals surface area contributed by atoms with Crippen LogP contribution in [0.5, 0.6) is 0 Å². The molecule has 0 aromatic carbocycles. The number of hydrogen-bond acceptors (Lipinski definition) is 3. The van der Waals surface area contributed by atoms with Crippen molar-refractivity contribution in [3.8, 4) is 0 Å². The average Bonchev–Trinajstić information content (AvgIpc) is 3.10. The first-order valence-electron chi connectivity index (χ1n) is 7.70. The molecule has 3 nitrogen and oxygen atoms in total. The highest BCUT2D eigenvalue weighted by molar-refractivity contribution is 7.91.